The molecule has 0 bridgehead atoms. The summed E-state index contributed by atoms with van der Waals surface area (Å²) in [6.45, 7) is 2.70. The Bertz CT molecular complexity index is 290. The van der Waals surface area contributed by atoms with E-state index in [1.165, 1.54) is 27.0 Å². The van der Waals surface area contributed by atoms with E-state index in [1.807, 2.05) is 0 Å². The first-order valence-corrected chi connectivity index (χ1v) is 4.41. The van der Waals surface area contributed by atoms with Gasteiger partial charge >= 0.3 is 11.9 Å². The van der Waals surface area contributed by atoms with E-state index in [0.717, 1.165) is 0 Å². The van der Waals surface area contributed by atoms with Crippen molar-refractivity contribution in [2.75, 3.05) is 13.7 Å². The number of hydrogen-bond donors (Lipinski definition) is 0. The summed E-state index contributed by atoms with van der Waals surface area (Å²) in [7, 11) is 1.20. The maximum atomic E-state index is 11.1. The van der Waals surface area contributed by atoms with Crippen LogP contribution in [0.3, 0.4) is 0 Å². The largest absolute Gasteiger partial charge is 0.466 e. The predicted octanol–water partition coefficient (Wildman–Crippen LogP) is 0.628. The second-order valence-corrected chi connectivity index (χ2v) is 2.79. The SMILES string of the molecule is COC(=O)C(=CCCOC(C)=O)C(C)=O. The first-order chi connectivity index (χ1) is 6.99. The van der Waals surface area contributed by atoms with Crippen molar-refractivity contribution in [1.82, 2.24) is 0 Å². The average Bonchev–Trinajstić information content (AvgIpc) is 2.15. The molecule has 0 atom stereocenters. The molecule has 0 heterocycles. The smallest absolute Gasteiger partial charge is 0.341 e. The lowest BCUT2D eigenvalue weighted by molar-refractivity contribution is -0.140. The molecule has 0 aromatic rings. The molecule has 0 rings (SSSR count). The minimum atomic E-state index is -0.676. The van der Waals surface area contributed by atoms with Gasteiger partial charge in [0.25, 0.3) is 0 Å². The van der Waals surface area contributed by atoms with Gasteiger partial charge in [-0.2, -0.15) is 0 Å². The Morgan fingerprint density at radius 1 is 1.20 bits per heavy atom. The maximum Gasteiger partial charge on any atom is 0.341 e. The third-order valence-corrected chi connectivity index (χ3v) is 1.56. The zero-order valence-electron chi connectivity index (χ0n) is 9.03. The summed E-state index contributed by atoms with van der Waals surface area (Å²) < 4.78 is 9.05. The number of esters is 2. The van der Waals surface area contributed by atoms with Gasteiger partial charge in [-0.15, -0.1) is 0 Å². The third kappa shape index (κ3) is 5.61. The van der Waals surface area contributed by atoms with Crippen molar-refractivity contribution >= 4 is 17.7 Å². The highest BCUT2D eigenvalue weighted by Crippen LogP contribution is 2.01. The molecule has 0 aliphatic rings. The van der Waals surface area contributed by atoms with Gasteiger partial charge in [0.2, 0.25) is 0 Å². The van der Waals surface area contributed by atoms with Crippen molar-refractivity contribution in [3.05, 3.63) is 11.6 Å². The number of hydrogen-bond acceptors (Lipinski definition) is 5. The summed E-state index contributed by atoms with van der Waals surface area (Å²) >= 11 is 0. The van der Waals surface area contributed by atoms with E-state index >= 15 is 0 Å². The Morgan fingerprint density at radius 2 is 1.80 bits per heavy atom. The van der Waals surface area contributed by atoms with Crippen LogP contribution in [-0.4, -0.2) is 31.4 Å². The monoisotopic (exact) mass is 214 g/mol. The average molecular weight is 214 g/mol. The molecular weight excluding hydrogens is 200 g/mol. The quantitative estimate of drug-likeness (QED) is 0.221. The molecule has 0 aliphatic heterocycles. The Hall–Kier alpha value is -1.65. The molecule has 0 saturated carbocycles. The van der Waals surface area contributed by atoms with Crippen LogP contribution in [0, 0.1) is 0 Å². The Labute approximate surface area is 88.0 Å². The highest BCUT2D eigenvalue weighted by Gasteiger charge is 2.13. The first-order valence-electron chi connectivity index (χ1n) is 4.41. The molecule has 0 spiro atoms. The number of carbonyl (C=O) groups excluding carboxylic acids is 3. The first kappa shape index (κ1) is 13.4. The number of rotatable bonds is 5. The molecule has 0 amide bonds. The summed E-state index contributed by atoms with van der Waals surface area (Å²) in [6, 6.07) is 0. The minimum Gasteiger partial charge on any atom is -0.466 e. The highest BCUT2D eigenvalue weighted by atomic mass is 16.5. The number of ketones is 1. The molecule has 0 aromatic carbocycles. The van der Waals surface area contributed by atoms with Crippen LogP contribution in [0.5, 0.6) is 0 Å². The zero-order chi connectivity index (χ0) is 11.8. The van der Waals surface area contributed by atoms with E-state index in [2.05, 4.69) is 9.47 Å². The number of methoxy groups -OCH3 is 1. The van der Waals surface area contributed by atoms with Gasteiger partial charge in [0.05, 0.1) is 19.3 Å². The van der Waals surface area contributed by atoms with Crippen LogP contribution >= 0.6 is 0 Å². The summed E-state index contributed by atoms with van der Waals surface area (Å²) in [5, 5.41) is 0. The van der Waals surface area contributed by atoms with Crippen molar-refractivity contribution in [1.29, 1.82) is 0 Å². The second kappa shape index (κ2) is 6.75. The van der Waals surface area contributed by atoms with Crippen molar-refractivity contribution in [3.8, 4) is 0 Å². The van der Waals surface area contributed by atoms with E-state index in [9.17, 15) is 14.4 Å². The molecule has 0 aromatic heterocycles. The van der Waals surface area contributed by atoms with E-state index < -0.39 is 11.9 Å². The topological polar surface area (TPSA) is 69.7 Å². The van der Waals surface area contributed by atoms with Crippen molar-refractivity contribution in [3.63, 3.8) is 0 Å². The van der Waals surface area contributed by atoms with Gasteiger partial charge in [0, 0.05) is 13.3 Å². The number of ether oxygens (including phenoxy) is 2. The minimum absolute atomic E-state index is 0.0235. The molecule has 0 aliphatic carbocycles. The predicted molar refractivity (Wildman–Crippen MR) is 52.0 cm³/mol. The highest BCUT2D eigenvalue weighted by molar-refractivity contribution is 6.16. The Balaban J connectivity index is 4.25. The third-order valence-electron chi connectivity index (χ3n) is 1.56. The fraction of sp³-hybridized carbons (Fsp3) is 0.500. The maximum absolute atomic E-state index is 11.1. The molecule has 15 heavy (non-hydrogen) atoms. The number of Topliss-reactive ketones (excluding diaryl/α,β-unsaturated/α-hetero) is 1. The van der Waals surface area contributed by atoms with E-state index in [4.69, 9.17) is 0 Å². The summed E-state index contributed by atoms with van der Waals surface area (Å²) in [5.41, 5.74) is -0.0235. The van der Waals surface area contributed by atoms with Crippen LogP contribution < -0.4 is 0 Å². The lowest BCUT2D eigenvalue weighted by Crippen LogP contribution is -2.12. The van der Waals surface area contributed by atoms with E-state index in [1.54, 1.807) is 0 Å². The Kier molecular flexibility index (Phi) is 6.01. The number of carbonyl (C=O) groups is 3. The van der Waals surface area contributed by atoms with Crippen LogP contribution in [0.4, 0.5) is 0 Å². The van der Waals surface area contributed by atoms with E-state index in [0.29, 0.717) is 6.42 Å². The van der Waals surface area contributed by atoms with E-state index in [-0.39, 0.29) is 18.0 Å². The van der Waals surface area contributed by atoms with Crippen LogP contribution in [0.2, 0.25) is 0 Å². The lowest BCUT2D eigenvalue weighted by atomic mass is 10.1. The fourth-order valence-corrected chi connectivity index (χ4v) is 0.887. The van der Waals surface area contributed by atoms with Crippen LogP contribution in [0.15, 0.2) is 11.6 Å². The van der Waals surface area contributed by atoms with Crippen molar-refractivity contribution < 1.29 is 23.9 Å². The van der Waals surface area contributed by atoms with Crippen LogP contribution in [0.25, 0.3) is 0 Å². The summed E-state index contributed by atoms with van der Waals surface area (Å²) in [5.74, 6) is -1.44. The van der Waals surface area contributed by atoms with Crippen molar-refractivity contribution in [2.45, 2.75) is 20.3 Å². The van der Waals surface area contributed by atoms with Crippen LogP contribution in [-0.2, 0) is 23.9 Å². The molecule has 5 heteroatoms. The standard InChI is InChI=1S/C10H14O5/c1-7(11)9(10(13)14-3)5-4-6-15-8(2)12/h5H,4,6H2,1-3H3. The summed E-state index contributed by atoms with van der Waals surface area (Å²) in [6.07, 6.45) is 1.71. The Morgan fingerprint density at radius 3 is 2.20 bits per heavy atom. The van der Waals surface area contributed by atoms with Gasteiger partial charge in [-0.3, -0.25) is 9.59 Å². The second-order valence-electron chi connectivity index (χ2n) is 2.79. The molecule has 0 radical (unpaired) electrons. The van der Waals surface area contributed by atoms with Gasteiger partial charge < -0.3 is 9.47 Å². The van der Waals surface area contributed by atoms with Gasteiger partial charge in [-0.1, -0.05) is 6.08 Å². The zero-order valence-corrected chi connectivity index (χ0v) is 9.03. The molecule has 5 nitrogen and oxygen atoms in total. The van der Waals surface area contributed by atoms with Gasteiger partial charge in [0.15, 0.2) is 5.78 Å². The molecule has 0 N–H and O–H groups in total. The molecule has 0 fully saturated rings. The fourth-order valence-electron chi connectivity index (χ4n) is 0.887. The summed E-state index contributed by atoms with van der Waals surface area (Å²) in [4.78, 5) is 32.5. The lowest BCUT2D eigenvalue weighted by Gasteiger charge is -2.01. The molecule has 84 valence electrons. The molecule has 0 unspecified atom stereocenters. The normalized spacial score (nSPS) is 10.7. The van der Waals surface area contributed by atoms with Crippen LogP contribution in [0.1, 0.15) is 20.3 Å². The molecule has 0 saturated heterocycles. The molecular formula is C10H14O5. The van der Waals surface area contributed by atoms with Gasteiger partial charge in [-0.05, 0) is 6.92 Å². The van der Waals surface area contributed by atoms with Gasteiger partial charge in [0.1, 0.15) is 0 Å². The van der Waals surface area contributed by atoms with Crippen molar-refractivity contribution in [2.24, 2.45) is 0 Å². The van der Waals surface area contributed by atoms with Gasteiger partial charge in [-0.25, -0.2) is 4.79 Å².